The number of amides is 1. The molecule has 0 aromatic heterocycles. The molecule has 2 atom stereocenters. The fourth-order valence-corrected chi connectivity index (χ4v) is 1.93. The molecule has 3 heteroatoms. The van der Waals surface area contributed by atoms with Gasteiger partial charge in [-0.05, 0) is 24.2 Å². The normalized spacial score (nSPS) is 24.3. The Morgan fingerprint density at radius 3 is 2.62 bits per heavy atom. The van der Waals surface area contributed by atoms with E-state index in [9.17, 15) is 4.79 Å². The highest BCUT2D eigenvalue weighted by Crippen LogP contribution is 2.28. The third-order valence-electron chi connectivity index (χ3n) is 3.77. The number of piperidine rings is 1. The van der Waals surface area contributed by atoms with Crippen molar-refractivity contribution in [2.24, 2.45) is 17.1 Å². The van der Waals surface area contributed by atoms with Crippen molar-refractivity contribution in [1.82, 2.24) is 4.90 Å². The van der Waals surface area contributed by atoms with E-state index in [1.165, 1.54) is 0 Å². The Morgan fingerprint density at radius 2 is 2.12 bits per heavy atom. The van der Waals surface area contributed by atoms with Crippen molar-refractivity contribution >= 4 is 5.91 Å². The standard InChI is InChI=1S/C13H26N2O/c1-10(13(2,3)4)8-12(16)15-7-5-6-11(14)9-15/h10-11H,5-9,14H2,1-4H3/t10?,11-/m1/s1. The molecule has 0 bridgehead atoms. The summed E-state index contributed by atoms with van der Waals surface area (Å²) in [4.78, 5) is 14.0. The molecule has 1 amide bonds. The quantitative estimate of drug-likeness (QED) is 0.783. The van der Waals surface area contributed by atoms with Gasteiger partial charge in [0.25, 0.3) is 0 Å². The summed E-state index contributed by atoms with van der Waals surface area (Å²) in [6.07, 6.45) is 2.76. The molecule has 0 radical (unpaired) electrons. The number of rotatable bonds is 2. The minimum absolute atomic E-state index is 0.183. The second kappa shape index (κ2) is 5.17. The van der Waals surface area contributed by atoms with Gasteiger partial charge in [-0.25, -0.2) is 0 Å². The molecule has 1 heterocycles. The van der Waals surface area contributed by atoms with Gasteiger partial charge in [0.15, 0.2) is 0 Å². The number of likely N-dealkylation sites (tertiary alicyclic amines) is 1. The van der Waals surface area contributed by atoms with Gasteiger partial charge in [0.05, 0.1) is 0 Å². The summed E-state index contributed by atoms with van der Waals surface area (Å²) in [7, 11) is 0. The lowest BCUT2D eigenvalue weighted by atomic mass is 9.80. The summed E-state index contributed by atoms with van der Waals surface area (Å²) in [6, 6.07) is 0.183. The van der Waals surface area contributed by atoms with Crippen LogP contribution >= 0.6 is 0 Å². The van der Waals surface area contributed by atoms with Gasteiger partial charge < -0.3 is 10.6 Å². The molecule has 94 valence electrons. The van der Waals surface area contributed by atoms with Crippen molar-refractivity contribution in [3.05, 3.63) is 0 Å². The predicted molar refractivity (Wildman–Crippen MR) is 67.0 cm³/mol. The monoisotopic (exact) mass is 226 g/mol. The maximum absolute atomic E-state index is 12.1. The highest BCUT2D eigenvalue weighted by atomic mass is 16.2. The molecular formula is C13H26N2O. The van der Waals surface area contributed by atoms with Crippen molar-refractivity contribution in [2.75, 3.05) is 13.1 Å². The smallest absolute Gasteiger partial charge is 0.222 e. The average Bonchev–Trinajstić information content (AvgIpc) is 2.16. The van der Waals surface area contributed by atoms with Crippen LogP contribution in [-0.4, -0.2) is 29.9 Å². The zero-order valence-electron chi connectivity index (χ0n) is 11.1. The second-order valence-electron chi connectivity index (χ2n) is 6.21. The van der Waals surface area contributed by atoms with Crippen LogP contribution in [0.1, 0.15) is 47.0 Å². The maximum Gasteiger partial charge on any atom is 0.222 e. The molecule has 0 aromatic carbocycles. The molecule has 3 nitrogen and oxygen atoms in total. The van der Waals surface area contributed by atoms with Crippen LogP contribution in [0.3, 0.4) is 0 Å². The largest absolute Gasteiger partial charge is 0.341 e. The fraction of sp³-hybridized carbons (Fsp3) is 0.923. The number of nitrogens with two attached hydrogens (primary N) is 1. The van der Waals surface area contributed by atoms with Crippen LogP contribution in [0.4, 0.5) is 0 Å². The Labute approximate surface area is 99.4 Å². The Hall–Kier alpha value is -0.570. The summed E-state index contributed by atoms with van der Waals surface area (Å²) in [5, 5.41) is 0. The van der Waals surface area contributed by atoms with E-state index in [-0.39, 0.29) is 17.4 Å². The number of hydrogen-bond donors (Lipinski definition) is 1. The van der Waals surface area contributed by atoms with Gasteiger partial charge in [0, 0.05) is 25.6 Å². The third-order valence-corrected chi connectivity index (χ3v) is 3.77. The Kier molecular flexibility index (Phi) is 4.36. The van der Waals surface area contributed by atoms with E-state index < -0.39 is 0 Å². The van der Waals surface area contributed by atoms with Gasteiger partial charge in [0.2, 0.25) is 5.91 Å². The molecule has 0 aliphatic carbocycles. The summed E-state index contributed by atoms with van der Waals surface area (Å²) >= 11 is 0. The lowest BCUT2D eigenvalue weighted by Crippen LogP contribution is -2.46. The molecule has 2 N–H and O–H groups in total. The fourth-order valence-electron chi connectivity index (χ4n) is 1.93. The van der Waals surface area contributed by atoms with Crippen LogP contribution in [0, 0.1) is 11.3 Å². The third kappa shape index (κ3) is 3.78. The van der Waals surface area contributed by atoms with Crippen molar-refractivity contribution < 1.29 is 4.79 Å². The number of hydrogen-bond acceptors (Lipinski definition) is 2. The maximum atomic E-state index is 12.1. The molecule has 1 aliphatic heterocycles. The van der Waals surface area contributed by atoms with E-state index in [2.05, 4.69) is 27.7 Å². The van der Waals surface area contributed by atoms with E-state index >= 15 is 0 Å². The Morgan fingerprint density at radius 1 is 1.50 bits per heavy atom. The van der Waals surface area contributed by atoms with Crippen molar-refractivity contribution in [3.63, 3.8) is 0 Å². The van der Waals surface area contributed by atoms with E-state index in [1.54, 1.807) is 0 Å². The lowest BCUT2D eigenvalue weighted by Gasteiger charge is -2.33. The zero-order valence-corrected chi connectivity index (χ0v) is 11.1. The SMILES string of the molecule is CC(CC(=O)N1CCC[C@@H](N)C1)C(C)(C)C. The van der Waals surface area contributed by atoms with Crippen molar-refractivity contribution in [3.8, 4) is 0 Å². The van der Waals surface area contributed by atoms with Crippen molar-refractivity contribution in [2.45, 2.75) is 53.0 Å². The lowest BCUT2D eigenvalue weighted by molar-refractivity contribution is -0.134. The molecule has 1 rings (SSSR count). The summed E-state index contributed by atoms with van der Waals surface area (Å²) in [5.74, 6) is 0.690. The minimum atomic E-state index is 0.183. The van der Waals surface area contributed by atoms with Gasteiger partial charge in [-0.15, -0.1) is 0 Å². The number of carbonyl (C=O) groups excluding carboxylic acids is 1. The molecule has 1 aliphatic rings. The van der Waals surface area contributed by atoms with Gasteiger partial charge in [-0.3, -0.25) is 4.79 Å². The van der Waals surface area contributed by atoms with Crippen molar-refractivity contribution in [1.29, 1.82) is 0 Å². The van der Waals surface area contributed by atoms with Gasteiger partial charge >= 0.3 is 0 Å². The molecular weight excluding hydrogens is 200 g/mol. The average molecular weight is 226 g/mol. The van der Waals surface area contributed by atoms with E-state index in [1.807, 2.05) is 4.90 Å². The first-order valence-electron chi connectivity index (χ1n) is 6.34. The minimum Gasteiger partial charge on any atom is -0.341 e. The Balaban J connectivity index is 2.46. The molecule has 0 spiro atoms. The van der Waals surface area contributed by atoms with Crippen LogP contribution in [0.5, 0.6) is 0 Å². The molecule has 0 saturated carbocycles. The summed E-state index contributed by atoms with van der Waals surface area (Å²) in [6.45, 7) is 10.4. The van der Waals surface area contributed by atoms with Gasteiger partial charge in [-0.1, -0.05) is 27.7 Å². The number of carbonyl (C=O) groups is 1. The summed E-state index contributed by atoms with van der Waals surface area (Å²) < 4.78 is 0. The van der Waals surface area contributed by atoms with E-state index in [0.29, 0.717) is 12.3 Å². The second-order valence-corrected chi connectivity index (χ2v) is 6.21. The number of nitrogens with zero attached hydrogens (tertiary/aromatic N) is 1. The molecule has 1 saturated heterocycles. The van der Waals surface area contributed by atoms with Crippen LogP contribution < -0.4 is 5.73 Å². The van der Waals surface area contributed by atoms with E-state index in [0.717, 1.165) is 25.9 Å². The molecule has 1 fully saturated rings. The first-order chi connectivity index (χ1) is 7.30. The van der Waals surface area contributed by atoms with Crippen LogP contribution in [0.25, 0.3) is 0 Å². The van der Waals surface area contributed by atoms with Crippen LogP contribution in [0.2, 0.25) is 0 Å². The highest BCUT2D eigenvalue weighted by Gasteiger charge is 2.27. The zero-order chi connectivity index (χ0) is 12.3. The Bertz CT molecular complexity index is 245. The topological polar surface area (TPSA) is 46.3 Å². The van der Waals surface area contributed by atoms with Gasteiger partial charge in [0.1, 0.15) is 0 Å². The first-order valence-corrected chi connectivity index (χ1v) is 6.34. The molecule has 0 aromatic rings. The van der Waals surface area contributed by atoms with Crippen LogP contribution in [-0.2, 0) is 4.79 Å². The first kappa shape index (κ1) is 13.5. The van der Waals surface area contributed by atoms with Crippen LogP contribution in [0.15, 0.2) is 0 Å². The molecule has 16 heavy (non-hydrogen) atoms. The van der Waals surface area contributed by atoms with Gasteiger partial charge in [-0.2, -0.15) is 0 Å². The van der Waals surface area contributed by atoms with E-state index in [4.69, 9.17) is 5.73 Å². The predicted octanol–water partition coefficient (Wildman–Crippen LogP) is 2.01. The summed E-state index contributed by atoms with van der Waals surface area (Å²) in [5.41, 5.74) is 6.09. The molecule has 1 unspecified atom stereocenters. The highest BCUT2D eigenvalue weighted by molar-refractivity contribution is 5.76.